The Morgan fingerprint density at radius 3 is 2.41 bits per heavy atom. The summed E-state index contributed by atoms with van der Waals surface area (Å²) < 4.78 is 6.49. The maximum absolute atomic E-state index is 6.49. The van der Waals surface area contributed by atoms with Crippen LogP contribution < -0.4 is 5.32 Å². The van der Waals surface area contributed by atoms with Crippen LogP contribution in [-0.2, 0) is 6.42 Å². The van der Waals surface area contributed by atoms with E-state index in [1.807, 2.05) is 18.2 Å². The van der Waals surface area contributed by atoms with E-state index < -0.39 is 0 Å². The number of rotatable bonds is 4. The third-order valence-electron chi connectivity index (χ3n) is 5.14. The molecule has 132 valence electrons. The molecule has 0 saturated heterocycles. The van der Waals surface area contributed by atoms with E-state index in [0.717, 1.165) is 35.4 Å². The molecule has 0 atom stereocenters. The first kappa shape index (κ1) is 16.0. The van der Waals surface area contributed by atoms with Gasteiger partial charge in [-0.25, -0.2) is 0 Å². The fraction of sp³-hybridized carbons (Fsp3) is 0.120. The van der Waals surface area contributed by atoms with Crippen LogP contribution in [0, 0.1) is 0 Å². The maximum atomic E-state index is 6.49. The monoisotopic (exact) mass is 351 g/mol. The first-order valence-electron chi connectivity index (χ1n) is 9.53. The Bertz CT molecular complexity index is 1250. The first-order chi connectivity index (χ1) is 13.3. The van der Waals surface area contributed by atoms with Crippen molar-refractivity contribution in [2.24, 2.45) is 0 Å². The topological polar surface area (TPSA) is 25.2 Å². The molecule has 0 radical (unpaired) electrons. The molecular formula is C25H21NO. The molecule has 0 amide bonds. The van der Waals surface area contributed by atoms with Gasteiger partial charge in [-0.2, -0.15) is 0 Å². The zero-order valence-electron chi connectivity index (χ0n) is 15.3. The lowest BCUT2D eigenvalue weighted by molar-refractivity contribution is 0.662. The molecule has 0 unspecified atom stereocenters. The molecule has 0 aliphatic carbocycles. The SMILES string of the molecule is CCCc1cc2ccccc2c2c1oc1c(Nc3ccccc3)cccc12. The highest BCUT2D eigenvalue weighted by Gasteiger charge is 2.16. The zero-order chi connectivity index (χ0) is 18.2. The summed E-state index contributed by atoms with van der Waals surface area (Å²) >= 11 is 0. The van der Waals surface area contributed by atoms with Crippen molar-refractivity contribution in [3.05, 3.63) is 84.4 Å². The molecule has 1 heterocycles. The smallest absolute Gasteiger partial charge is 0.158 e. The Balaban J connectivity index is 1.82. The van der Waals surface area contributed by atoms with Gasteiger partial charge in [-0.05, 0) is 47.0 Å². The van der Waals surface area contributed by atoms with E-state index in [-0.39, 0.29) is 0 Å². The minimum absolute atomic E-state index is 0.921. The van der Waals surface area contributed by atoms with Gasteiger partial charge in [0.25, 0.3) is 0 Å². The fourth-order valence-corrected chi connectivity index (χ4v) is 3.95. The standard InChI is InChI=1S/C25H21NO/c1-2-9-18-16-17-10-6-7-13-20(17)23-21-14-8-15-22(25(21)27-24(18)23)26-19-11-4-3-5-12-19/h3-8,10-16,26H,2,9H2,1H3. The lowest BCUT2D eigenvalue weighted by atomic mass is 9.98. The molecule has 4 aromatic carbocycles. The van der Waals surface area contributed by atoms with Crippen LogP contribution >= 0.6 is 0 Å². The predicted octanol–water partition coefficient (Wildman–Crippen LogP) is 7.44. The number of benzene rings is 4. The minimum atomic E-state index is 0.921. The van der Waals surface area contributed by atoms with Crippen LogP contribution in [-0.4, -0.2) is 0 Å². The summed E-state index contributed by atoms with van der Waals surface area (Å²) in [6.45, 7) is 2.21. The summed E-state index contributed by atoms with van der Waals surface area (Å²) in [5.41, 5.74) is 5.29. The molecule has 0 aliphatic rings. The molecule has 0 saturated carbocycles. The van der Waals surface area contributed by atoms with Gasteiger partial charge in [0.1, 0.15) is 5.58 Å². The largest absolute Gasteiger partial charge is 0.454 e. The summed E-state index contributed by atoms with van der Waals surface area (Å²) in [6.07, 6.45) is 2.11. The predicted molar refractivity (Wildman–Crippen MR) is 115 cm³/mol. The van der Waals surface area contributed by atoms with Gasteiger partial charge in [0, 0.05) is 16.5 Å². The second-order valence-electron chi connectivity index (χ2n) is 6.99. The average molecular weight is 351 g/mol. The molecule has 1 aromatic heterocycles. The van der Waals surface area contributed by atoms with Crippen molar-refractivity contribution in [1.29, 1.82) is 0 Å². The molecule has 0 fully saturated rings. The van der Waals surface area contributed by atoms with E-state index in [9.17, 15) is 0 Å². The summed E-state index contributed by atoms with van der Waals surface area (Å²) in [7, 11) is 0. The molecule has 0 bridgehead atoms. The number of furan rings is 1. The number of fused-ring (bicyclic) bond motifs is 5. The van der Waals surface area contributed by atoms with Gasteiger partial charge < -0.3 is 9.73 Å². The summed E-state index contributed by atoms with van der Waals surface area (Å²) in [5, 5.41) is 8.43. The van der Waals surface area contributed by atoms with Crippen LogP contribution in [0.3, 0.4) is 0 Å². The van der Waals surface area contributed by atoms with Gasteiger partial charge in [-0.3, -0.25) is 0 Å². The third kappa shape index (κ3) is 2.65. The average Bonchev–Trinajstić information content (AvgIpc) is 3.11. The quantitative estimate of drug-likeness (QED) is 0.364. The molecule has 1 N–H and O–H groups in total. The van der Waals surface area contributed by atoms with Gasteiger partial charge in [-0.1, -0.05) is 67.9 Å². The highest BCUT2D eigenvalue weighted by molar-refractivity contribution is 6.21. The van der Waals surface area contributed by atoms with E-state index in [2.05, 4.69) is 72.9 Å². The molecule has 5 rings (SSSR count). The Hall–Kier alpha value is -3.26. The second-order valence-corrected chi connectivity index (χ2v) is 6.99. The maximum Gasteiger partial charge on any atom is 0.158 e. The number of nitrogens with one attached hydrogen (secondary N) is 1. The van der Waals surface area contributed by atoms with E-state index >= 15 is 0 Å². The van der Waals surface area contributed by atoms with Crippen molar-refractivity contribution < 1.29 is 4.42 Å². The number of para-hydroxylation sites is 2. The molecule has 2 heteroatoms. The number of hydrogen-bond acceptors (Lipinski definition) is 2. The van der Waals surface area contributed by atoms with Crippen LogP contribution in [0.4, 0.5) is 11.4 Å². The van der Waals surface area contributed by atoms with Crippen molar-refractivity contribution >= 4 is 44.1 Å². The van der Waals surface area contributed by atoms with Crippen molar-refractivity contribution in [2.45, 2.75) is 19.8 Å². The van der Waals surface area contributed by atoms with Gasteiger partial charge in [-0.15, -0.1) is 0 Å². The van der Waals surface area contributed by atoms with Crippen LogP contribution in [0.2, 0.25) is 0 Å². The minimum Gasteiger partial charge on any atom is -0.454 e. The van der Waals surface area contributed by atoms with E-state index in [1.165, 1.54) is 27.1 Å². The van der Waals surface area contributed by atoms with Crippen LogP contribution in [0.5, 0.6) is 0 Å². The van der Waals surface area contributed by atoms with Gasteiger partial charge in [0.2, 0.25) is 0 Å². The van der Waals surface area contributed by atoms with Crippen LogP contribution in [0.25, 0.3) is 32.7 Å². The Kier molecular flexibility index (Phi) is 3.83. The summed E-state index contributed by atoms with van der Waals surface area (Å²) in [4.78, 5) is 0. The molecular weight excluding hydrogens is 330 g/mol. The summed E-state index contributed by atoms with van der Waals surface area (Å²) in [5.74, 6) is 0. The first-order valence-corrected chi connectivity index (χ1v) is 9.53. The van der Waals surface area contributed by atoms with E-state index in [0.29, 0.717) is 0 Å². The van der Waals surface area contributed by atoms with Crippen molar-refractivity contribution in [1.82, 2.24) is 0 Å². The molecule has 5 aromatic rings. The highest BCUT2D eigenvalue weighted by atomic mass is 16.3. The lowest BCUT2D eigenvalue weighted by Gasteiger charge is -2.06. The zero-order valence-corrected chi connectivity index (χ0v) is 15.3. The van der Waals surface area contributed by atoms with Crippen molar-refractivity contribution in [3.8, 4) is 0 Å². The van der Waals surface area contributed by atoms with Gasteiger partial charge in [0.05, 0.1) is 5.69 Å². The number of aryl methyl sites for hydroxylation is 1. The summed E-state index contributed by atoms with van der Waals surface area (Å²) in [6, 6.07) is 27.5. The number of anilines is 2. The fourth-order valence-electron chi connectivity index (χ4n) is 3.95. The van der Waals surface area contributed by atoms with Crippen LogP contribution in [0.1, 0.15) is 18.9 Å². The van der Waals surface area contributed by atoms with Gasteiger partial charge in [0.15, 0.2) is 5.58 Å². The highest BCUT2D eigenvalue weighted by Crippen LogP contribution is 2.40. The number of hydrogen-bond donors (Lipinski definition) is 1. The lowest BCUT2D eigenvalue weighted by Crippen LogP contribution is -1.89. The molecule has 2 nitrogen and oxygen atoms in total. The Morgan fingerprint density at radius 2 is 1.56 bits per heavy atom. The Morgan fingerprint density at radius 1 is 0.778 bits per heavy atom. The molecule has 0 aliphatic heterocycles. The van der Waals surface area contributed by atoms with Crippen LogP contribution in [0.15, 0.2) is 83.3 Å². The third-order valence-corrected chi connectivity index (χ3v) is 5.14. The Labute approximate surface area is 158 Å². The van der Waals surface area contributed by atoms with Gasteiger partial charge >= 0.3 is 0 Å². The van der Waals surface area contributed by atoms with Crippen molar-refractivity contribution in [3.63, 3.8) is 0 Å². The normalized spacial score (nSPS) is 11.4. The van der Waals surface area contributed by atoms with Crippen molar-refractivity contribution in [2.75, 3.05) is 5.32 Å². The molecule has 27 heavy (non-hydrogen) atoms. The van der Waals surface area contributed by atoms with E-state index in [4.69, 9.17) is 4.42 Å². The van der Waals surface area contributed by atoms with E-state index in [1.54, 1.807) is 0 Å². The molecule has 0 spiro atoms. The second kappa shape index (κ2) is 6.48.